The molecule has 0 bridgehead atoms. The fourth-order valence-electron chi connectivity index (χ4n) is 4.17. The maximum atomic E-state index is 12.9. The van der Waals surface area contributed by atoms with Gasteiger partial charge in [-0.15, -0.1) is 0 Å². The molecule has 1 atom stereocenters. The summed E-state index contributed by atoms with van der Waals surface area (Å²) in [4.78, 5) is 19.5. The van der Waals surface area contributed by atoms with Crippen molar-refractivity contribution in [3.05, 3.63) is 94.2 Å². The third kappa shape index (κ3) is 3.47. The first kappa shape index (κ1) is 19.2. The lowest BCUT2D eigenvalue weighted by Crippen LogP contribution is -2.24. The molecule has 1 aromatic heterocycles. The van der Waals surface area contributed by atoms with Gasteiger partial charge >= 0.3 is 0 Å². The van der Waals surface area contributed by atoms with Gasteiger partial charge in [0, 0.05) is 30.5 Å². The first-order chi connectivity index (χ1) is 14.6. The van der Waals surface area contributed by atoms with Gasteiger partial charge in [0.2, 0.25) is 5.91 Å². The minimum absolute atomic E-state index is 0.0136. The van der Waals surface area contributed by atoms with E-state index in [1.807, 2.05) is 60.7 Å². The fraction of sp³-hybridized carbons (Fsp3) is 0.167. The van der Waals surface area contributed by atoms with Gasteiger partial charge in [0.05, 0.1) is 21.7 Å². The van der Waals surface area contributed by atoms with E-state index in [9.17, 15) is 4.79 Å². The quantitative estimate of drug-likeness (QED) is 0.399. The maximum absolute atomic E-state index is 12.9. The molecule has 1 saturated heterocycles. The summed E-state index contributed by atoms with van der Waals surface area (Å²) in [6.07, 6.45) is 0.407. The Kier molecular flexibility index (Phi) is 4.97. The first-order valence-corrected chi connectivity index (χ1v) is 10.6. The average Bonchev–Trinajstić information content (AvgIpc) is 3.29. The monoisotopic (exact) mass is 435 g/mol. The number of carbonyl (C=O) groups is 1. The van der Waals surface area contributed by atoms with E-state index in [4.69, 9.17) is 28.2 Å². The number of amides is 1. The highest BCUT2D eigenvalue weighted by atomic mass is 35.5. The number of imidazole rings is 1. The van der Waals surface area contributed by atoms with Crippen LogP contribution in [0.1, 0.15) is 23.7 Å². The van der Waals surface area contributed by atoms with Gasteiger partial charge in [0.1, 0.15) is 5.82 Å². The lowest BCUT2D eigenvalue weighted by atomic mass is 10.1. The van der Waals surface area contributed by atoms with E-state index in [2.05, 4.69) is 16.7 Å². The van der Waals surface area contributed by atoms with Crippen molar-refractivity contribution in [2.45, 2.75) is 18.9 Å². The predicted octanol–water partition coefficient (Wildman–Crippen LogP) is 5.91. The Bertz CT molecular complexity index is 1250. The topological polar surface area (TPSA) is 38.1 Å². The molecule has 150 valence electrons. The normalized spacial score (nSPS) is 16.5. The molecule has 1 fully saturated rings. The van der Waals surface area contributed by atoms with Crippen molar-refractivity contribution in [2.24, 2.45) is 0 Å². The van der Waals surface area contributed by atoms with Crippen molar-refractivity contribution in [3.8, 4) is 0 Å². The SMILES string of the molecule is O=C1CC(c2nc3ccccc3n2Cc2cccc(Cl)c2)CN1c1ccccc1Cl. The van der Waals surface area contributed by atoms with Crippen LogP contribution in [0.15, 0.2) is 72.8 Å². The van der Waals surface area contributed by atoms with Crippen molar-refractivity contribution in [1.29, 1.82) is 0 Å². The van der Waals surface area contributed by atoms with Gasteiger partial charge in [-0.05, 0) is 42.0 Å². The molecule has 0 aliphatic carbocycles. The molecule has 0 radical (unpaired) electrons. The molecule has 6 heteroatoms. The summed E-state index contributed by atoms with van der Waals surface area (Å²) in [5, 5.41) is 1.29. The standard InChI is InChI=1S/C24H19Cl2N3O/c25-18-7-5-6-16(12-18)14-29-22-11-4-2-9-20(22)27-24(29)17-13-23(30)28(15-17)21-10-3-1-8-19(21)26/h1-12,17H,13-15H2. The molecule has 0 saturated carbocycles. The smallest absolute Gasteiger partial charge is 0.227 e. The molecule has 4 nitrogen and oxygen atoms in total. The zero-order valence-electron chi connectivity index (χ0n) is 16.1. The van der Waals surface area contributed by atoms with E-state index in [-0.39, 0.29) is 11.8 Å². The first-order valence-electron chi connectivity index (χ1n) is 9.84. The number of hydrogen-bond donors (Lipinski definition) is 0. The third-order valence-electron chi connectivity index (χ3n) is 5.55. The highest BCUT2D eigenvalue weighted by Gasteiger charge is 2.35. The number of aromatic nitrogens is 2. The maximum Gasteiger partial charge on any atom is 0.227 e. The van der Waals surface area contributed by atoms with Crippen LogP contribution >= 0.6 is 23.2 Å². The van der Waals surface area contributed by atoms with Crippen LogP contribution in [0, 0.1) is 0 Å². The molecule has 0 spiro atoms. The average molecular weight is 436 g/mol. The Hall–Kier alpha value is -2.82. The number of carbonyl (C=O) groups excluding carboxylic acids is 1. The van der Waals surface area contributed by atoms with Crippen molar-refractivity contribution >= 4 is 45.8 Å². The summed E-state index contributed by atoms with van der Waals surface area (Å²) < 4.78 is 2.20. The zero-order valence-corrected chi connectivity index (χ0v) is 17.6. The van der Waals surface area contributed by atoms with Crippen LogP contribution in [0.3, 0.4) is 0 Å². The second-order valence-electron chi connectivity index (χ2n) is 7.53. The molecule has 5 rings (SSSR count). The number of rotatable bonds is 4. The van der Waals surface area contributed by atoms with Crippen molar-refractivity contribution in [1.82, 2.24) is 9.55 Å². The number of para-hydroxylation sites is 3. The van der Waals surface area contributed by atoms with Gasteiger partial charge in [-0.25, -0.2) is 4.98 Å². The molecule has 0 N–H and O–H groups in total. The second-order valence-corrected chi connectivity index (χ2v) is 8.38. The van der Waals surface area contributed by atoms with Crippen molar-refractivity contribution < 1.29 is 4.79 Å². The van der Waals surface area contributed by atoms with Gasteiger partial charge in [-0.3, -0.25) is 4.79 Å². The van der Waals surface area contributed by atoms with Crippen LogP contribution < -0.4 is 4.90 Å². The van der Waals surface area contributed by atoms with Gasteiger partial charge in [-0.1, -0.05) is 59.6 Å². The zero-order chi connectivity index (χ0) is 20.7. The van der Waals surface area contributed by atoms with Gasteiger partial charge in [-0.2, -0.15) is 0 Å². The molecule has 1 aliphatic rings. The number of halogens is 2. The Labute approximate surface area is 184 Å². The van der Waals surface area contributed by atoms with E-state index in [0.29, 0.717) is 29.6 Å². The minimum Gasteiger partial charge on any atom is -0.323 e. The highest BCUT2D eigenvalue weighted by molar-refractivity contribution is 6.33. The number of benzene rings is 3. The van der Waals surface area contributed by atoms with E-state index in [1.54, 1.807) is 4.90 Å². The van der Waals surface area contributed by atoms with Crippen molar-refractivity contribution in [2.75, 3.05) is 11.4 Å². The number of anilines is 1. The molecule has 2 heterocycles. The molecule has 30 heavy (non-hydrogen) atoms. The lowest BCUT2D eigenvalue weighted by Gasteiger charge is -2.18. The summed E-state index contributed by atoms with van der Waals surface area (Å²) >= 11 is 12.6. The Morgan fingerprint density at radius 1 is 0.967 bits per heavy atom. The van der Waals surface area contributed by atoms with Gasteiger partial charge < -0.3 is 9.47 Å². The summed E-state index contributed by atoms with van der Waals surface area (Å²) in [5.41, 5.74) is 3.83. The van der Waals surface area contributed by atoms with Crippen molar-refractivity contribution in [3.63, 3.8) is 0 Å². The summed E-state index contributed by atoms with van der Waals surface area (Å²) in [6, 6.07) is 23.4. The summed E-state index contributed by atoms with van der Waals surface area (Å²) in [5.74, 6) is 0.967. The predicted molar refractivity (Wildman–Crippen MR) is 121 cm³/mol. The number of fused-ring (bicyclic) bond motifs is 1. The molecule has 1 unspecified atom stereocenters. The summed E-state index contributed by atoms with van der Waals surface area (Å²) in [6.45, 7) is 1.20. The van der Waals surface area contributed by atoms with Gasteiger partial charge in [0.25, 0.3) is 0 Å². The molecule has 3 aromatic carbocycles. The highest BCUT2D eigenvalue weighted by Crippen LogP contribution is 2.36. The van der Waals surface area contributed by atoms with Crippen LogP contribution in [-0.2, 0) is 11.3 Å². The third-order valence-corrected chi connectivity index (χ3v) is 6.10. The number of hydrogen-bond acceptors (Lipinski definition) is 2. The van der Waals surface area contributed by atoms with Crippen LogP contribution in [0.2, 0.25) is 10.0 Å². The molecular weight excluding hydrogens is 417 g/mol. The number of nitrogens with zero attached hydrogens (tertiary/aromatic N) is 3. The van der Waals surface area contributed by atoms with E-state index in [0.717, 1.165) is 28.1 Å². The van der Waals surface area contributed by atoms with E-state index in [1.165, 1.54) is 0 Å². The van der Waals surface area contributed by atoms with Crippen LogP contribution in [0.5, 0.6) is 0 Å². The fourth-order valence-corrected chi connectivity index (χ4v) is 4.62. The molecule has 1 amide bonds. The largest absolute Gasteiger partial charge is 0.323 e. The lowest BCUT2D eigenvalue weighted by molar-refractivity contribution is -0.117. The van der Waals surface area contributed by atoms with E-state index >= 15 is 0 Å². The Morgan fingerprint density at radius 3 is 2.60 bits per heavy atom. The summed E-state index contributed by atoms with van der Waals surface area (Å²) in [7, 11) is 0. The minimum atomic E-state index is -0.0136. The van der Waals surface area contributed by atoms with Crippen LogP contribution in [-0.4, -0.2) is 22.0 Å². The molecule has 1 aliphatic heterocycles. The van der Waals surface area contributed by atoms with Crippen LogP contribution in [0.25, 0.3) is 11.0 Å². The Balaban J connectivity index is 1.54. The Morgan fingerprint density at radius 2 is 1.77 bits per heavy atom. The second kappa shape index (κ2) is 7.78. The van der Waals surface area contributed by atoms with E-state index < -0.39 is 0 Å². The molecule has 4 aromatic rings. The van der Waals surface area contributed by atoms with Crippen LogP contribution in [0.4, 0.5) is 5.69 Å². The van der Waals surface area contributed by atoms with Gasteiger partial charge in [0.15, 0.2) is 0 Å². The molecular formula is C24H19Cl2N3O.